The molecule has 0 aliphatic heterocycles. The summed E-state index contributed by atoms with van der Waals surface area (Å²) in [5.74, 6) is 1.20. The Morgan fingerprint density at radius 3 is 2.52 bits per heavy atom. The van der Waals surface area contributed by atoms with Crippen molar-refractivity contribution in [3.63, 3.8) is 0 Å². The van der Waals surface area contributed by atoms with Gasteiger partial charge in [-0.3, -0.25) is 0 Å². The predicted octanol–water partition coefficient (Wildman–Crippen LogP) is 5.83. The van der Waals surface area contributed by atoms with E-state index >= 15 is 0 Å². The largest absolute Gasteiger partial charge is 0.421 e. The van der Waals surface area contributed by atoms with Gasteiger partial charge in [0.2, 0.25) is 11.8 Å². The summed E-state index contributed by atoms with van der Waals surface area (Å²) in [7, 11) is 0. The van der Waals surface area contributed by atoms with Crippen molar-refractivity contribution in [3.05, 3.63) is 96.1 Å². The van der Waals surface area contributed by atoms with Crippen LogP contribution in [0.2, 0.25) is 0 Å². The molecule has 0 unspecified atom stereocenters. The van der Waals surface area contributed by atoms with E-state index in [-0.39, 0.29) is 0 Å². The average molecular weight is 406 g/mol. The molecule has 31 heavy (non-hydrogen) atoms. The van der Waals surface area contributed by atoms with Crippen LogP contribution in [-0.2, 0) is 12.8 Å². The van der Waals surface area contributed by atoms with Crippen LogP contribution in [0.5, 0.6) is 0 Å². The van der Waals surface area contributed by atoms with Crippen molar-refractivity contribution in [1.29, 1.82) is 0 Å². The molecule has 0 aliphatic rings. The summed E-state index contributed by atoms with van der Waals surface area (Å²) in [4.78, 5) is 8.94. The lowest BCUT2D eigenvalue weighted by atomic mass is 10.0. The monoisotopic (exact) mass is 406 g/mol. The molecule has 5 rings (SSSR count). The van der Waals surface area contributed by atoms with Crippen LogP contribution in [0.15, 0.2) is 83.4 Å². The van der Waals surface area contributed by atoms with E-state index in [1.54, 1.807) is 6.20 Å². The summed E-state index contributed by atoms with van der Waals surface area (Å²) < 4.78 is 5.89. The minimum atomic E-state index is 0.554. The standard InChI is InChI=1S/C26H22N4O/c1-18-5-2-6-22(17-18)19-10-12-21(13-11-19)26-30-29-24(31-26)9-3-8-23-15-14-20-7-4-16-27-25(20)28-23/h2,4-7,10-17H,3,8-9H2,1H3. The van der Waals surface area contributed by atoms with Gasteiger partial charge < -0.3 is 4.42 Å². The highest BCUT2D eigenvalue weighted by molar-refractivity contribution is 5.74. The van der Waals surface area contributed by atoms with Crippen LogP contribution in [0.1, 0.15) is 23.6 Å². The molecule has 0 radical (unpaired) electrons. The van der Waals surface area contributed by atoms with Gasteiger partial charge in [0.25, 0.3) is 0 Å². The molecule has 5 heteroatoms. The number of fused-ring (bicyclic) bond motifs is 1. The van der Waals surface area contributed by atoms with Gasteiger partial charge in [0.1, 0.15) is 0 Å². The van der Waals surface area contributed by atoms with Gasteiger partial charge in [-0.2, -0.15) is 0 Å². The number of hydrogen-bond acceptors (Lipinski definition) is 5. The molecule has 5 aromatic rings. The maximum atomic E-state index is 5.89. The van der Waals surface area contributed by atoms with Crippen LogP contribution in [0, 0.1) is 6.92 Å². The first kappa shape index (κ1) is 19.1. The maximum absolute atomic E-state index is 5.89. The summed E-state index contributed by atoms with van der Waals surface area (Å²) in [6.45, 7) is 2.10. The summed E-state index contributed by atoms with van der Waals surface area (Å²) in [5, 5.41) is 9.50. The van der Waals surface area contributed by atoms with Crippen LogP contribution >= 0.6 is 0 Å². The first-order chi connectivity index (χ1) is 15.2. The Balaban J connectivity index is 1.22. The molecular weight excluding hydrogens is 384 g/mol. The molecule has 0 spiro atoms. The van der Waals surface area contributed by atoms with Crippen molar-refractivity contribution < 1.29 is 4.42 Å². The molecule has 0 aliphatic carbocycles. The molecule has 2 aromatic carbocycles. The van der Waals surface area contributed by atoms with Crippen LogP contribution in [0.25, 0.3) is 33.6 Å². The molecule has 5 nitrogen and oxygen atoms in total. The first-order valence-corrected chi connectivity index (χ1v) is 10.5. The van der Waals surface area contributed by atoms with Gasteiger partial charge in [-0.15, -0.1) is 10.2 Å². The Labute approximate surface area is 180 Å². The molecule has 0 N–H and O–H groups in total. The van der Waals surface area contributed by atoms with Crippen LogP contribution in [0.4, 0.5) is 0 Å². The molecule has 0 atom stereocenters. The molecule has 0 bridgehead atoms. The van der Waals surface area contributed by atoms with Crippen molar-refractivity contribution >= 4 is 11.0 Å². The fourth-order valence-electron chi connectivity index (χ4n) is 3.65. The highest BCUT2D eigenvalue weighted by Crippen LogP contribution is 2.25. The fourth-order valence-corrected chi connectivity index (χ4v) is 3.65. The van der Waals surface area contributed by atoms with Gasteiger partial charge in [0.15, 0.2) is 5.65 Å². The highest BCUT2D eigenvalue weighted by atomic mass is 16.4. The van der Waals surface area contributed by atoms with Gasteiger partial charge in [-0.05, 0) is 67.3 Å². The number of aromatic nitrogens is 4. The lowest BCUT2D eigenvalue weighted by molar-refractivity contribution is 0.497. The zero-order chi connectivity index (χ0) is 21.0. The molecular formula is C26H22N4O. The van der Waals surface area contributed by atoms with E-state index in [2.05, 4.69) is 75.6 Å². The molecule has 0 amide bonds. The van der Waals surface area contributed by atoms with E-state index in [4.69, 9.17) is 4.42 Å². The Morgan fingerprint density at radius 1 is 0.774 bits per heavy atom. The third kappa shape index (κ3) is 4.36. The molecule has 0 saturated carbocycles. The van der Waals surface area contributed by atoms with Gasteiger partial charge in [-0.25, -0.2) is 9.97 Å². The van der Waals surface area contributed by atoms with E-state index in [0.29, 0.717) is 11.8 Å². The van der Waals surface area contributed by atoms with Gasteiger partial charge in [0, 0.05) is 29.3 Å². The lowest BCUT2D eigenvalue weighted by Gasteiger charge is -2.03. The second-order valence-corrected chi connectivity index (χ2v) is 7.65. The predicted molar refractivity (Wildman–Crippen MR) is 121 cm³/mol. The number of rotatable bonds is 6. The van der Waals surface area contributed by atoms with E-state index in [0.717, 1.165) is 41.6 Å². The van der Waals surface area contributed by atoms with Gasteiger partial charge in [0.05, 0.1) is 0 Å². The van der Waals surface area contributed by atoms with Crippen molar-refractivity contribution in [1.82, 2.24) is 20.2 Å². The minimum absolute atomic E-state index is 0.554. The van der Waals surface area contributed by atoms with Crippen molar-refractivity contribution in [2.75, 3.05) is 0 Å². The normalized spacial score (nSPS) is 11.1. The Hall–Kier alpha value is -3.86. The number of nitrogens with zero attached hydrogens (tertiary/aromatic N) is 4. The molecule has 3 aromatic heterocycles. The van der Waals surface area contributed by atoms with Crippen LogP contribution in [0.3, 0.4) is 0 Å². The minimum Gasteiger partial charge on any atom is -0.421 e. The molecule has 3 heterocycles. The second-order valence-electron chi connectivity index (χ2n) is 7.65. The van der Waals surface area contributed by atoms with E-state index < -0.39 is 0 Å². The van der Waals surface area contributed by atoms with Crippen molar-refractivity contribution in [2.45, 2.75) is 26.2 Å². The number of hydrogen-bond donors (Lipinski definition) is 0. The molecule has 0 saturated heterocycles. The Kier molecular flexibility index (Phi) is 5.23. The van der Waals surface area contributed by atoms with Crippen LogP contribution in [-0.4, -0.2) is 20.2 Å². The van der Waals surface area contributed by atoms with Crippen molar-refractivity contribution in [3.8, 4) is 22.6 Å². The second kappa shape index (κ2) is 8.48. The topological polar surface area (TPSA) is 64.7 Å². The summed E-state index contributed by atoms with van der Waals surface area (Å²) in [6, 6.07) is 24.8. The number of aryl methyl sites for hydroxylation is 3. The van der Waals surface area contributed by atoms with Gasteiger partial charge >= 0.3 is 0 Å². The summed E-state index contributed by atoms with van der Waals surface area (Å²) in [5.41, 5.74) is 6.36. The fraction of sp³-hybridized carbons (Fsp3) is 0.154. The molecule has 152 valence electrons. The van der Waals surface area contributed by atoms with E-state index in [1.807, 2.05) is 24.3 Å². The molecule has 0 fully saturated rings. The van der Waals surface area contributed by atoms with Gasteiger partial charge in [-0.1, -0.05) is 42.0 Å². The zero-order valence-electron chi connectivity index (χ0n) is 17.3. The van der Waals surface area contributed by atoms with E-state index in [1.165, 1.54) is 16.7 Å². The van der Waals surface area contributed by atoms with Crippen molar-refractivity contribution in [2.24, 2.45) is 0 Å². The Morgan fingerprint density at radius 2 is 1.65 bits per heavy atom. The highest BCUT2D eigenvalue weighted by Gasteiger charge is 2.09. The quantitative estimate of drug-likeness (QED) is 0.355. The first-order valence-electron chi connectivity index (χ1n) is 10.5. The summed E-state index contributed by atoms with van der Waals surface area (Å²) >= 11 is 0. The summed E-state index contributed by atoms with van der Waals surface area (Å²) in [6.07, 6.45) is 4.22. The zero-order valence-corrected chi connectivity index (χ0v) is 17.3. The van der Waals surface area contributed by atoms with E-state index in [9.17, 15) is 0 Å². The number of pyridine rings is 2. The van der Waals surface area contributed by atoms with Crippen LogP contribution < -0.4 is 0 Å². The smallest absolute Gasteiger partial charge is 0.247 e. The third-order valence-corrected chi connectivity index (χ3v) is 5.30. The number of benzene rings is 2. The SMILES string of the molecule is Cc1cccc(-c2ccc(-c3nnc(CCCc4ccc5cccnc5n4)o3)cc2)c1. The maximum Gasteiger partial charge on any atom is 0.247 e. The Bertz CT molecular complexity index is 1320. The lowest BCUT2D eigenvalue weighted by Crippen LogP contribution is -1.94. The average Bonchev–Trinajstić information content (AvgIpc) is 3.28. The third-order valence-electron chi connectivity index (χ3n) is 5.30.